The number of carbonyl (C=O) groups excluding carboxylic acids is 1. The molecule has 0 aromatic carbocycles. The molecule has 3 heteroatoms. The third-order valence-corrected chi connectivity index (χ3v) is 1.88. The van der Waals surface area contributed by atoms with Gasteiger partial charge in [0, 0.05) is 12.7 Å². The van der Waals surface area contributed by atoms with Crippen molar-refractivity contribution in [2.45, 2.75) is 27.3 Å². The van der Waals surface area contributed by atoms with Crippen molar-refractivity contribution in [3.8, 4) is 0 Å². The van der Waals surface area contributed by atoms with E-state index in [1.54, 1.807) is 6.07 Å². The molecule has 0 fully saturated rings. The van der Waals surface area contributed by atoms with Crippen LogP contribution in [0.1, 0.15) is 31.3 Å². The Bertz CT molecular complexity index is 302. The first-order valence-electron chi connectivity index (χ1n) is 4.97. The summed E-state index contributed by atoms with van der Waals surface area (Å²) in [7, 11) is 0. The van der Waals surface area contributed by atoms with Crippen LogP contribution < -0.4 is 0 Å². The van der Waals surface area contributed by atoms with Gasteiger partial charge < -0.3 is 9.30 Å². The van der Waals surface area contributed by atoms with Crippen LogP contribution in [0.25, 0.3) is 0 Å². The van der Waals surface area contributed by atoms with Gasteiger partial charge in [-0.1, -0.05) is 13.8 Å². The van der Waals surface area contributed by atoms with E-state index in [9.17, 15) is 4.79 Å². The number of carbonyl (C=O) groups is 1. The largest absolute Gasteiger partial charge is 0.461 e. The Morgan fingerprint density at radius 3 is 2.86 bits per heavy atom. The zero-order chi connectivity index (χ0) is 10.6. The molecule has 78 valence electrons. The standard InChI is InChI=1S/C11H17NO2/c1-4-14-11(13)10-6-5-7-12(10)8-9(2)3/h5-7,9H,4,8H2,1-3H3. The Hall–Kier alpha value is -1.25. The predicted molar refractivity (Wildman–Crippen MR) is 55.2 cm³/mol. The molecule has 0 amide bonds. The summed E-state index contributed by atoms with van der Waals surface area (Å²) in [6.45, 7) is 7.32. The molecule has 1 heterocycles. The molecule has 3 nitrogen and oxygen atoms in total. The van der Waals surface area contributed by atoms with Crippen molar-refractivity contribution in [1.29, 1.82) is 0 Å². The molecular weight excluding hydrogens is 178 g/mol. The van der Waals surface area contributed by atoms with E-state index in [1.807, 2.05) is 23.8 Å². The number of aromatic nitrogens is 1. The number of esters is 1. The van der Waals surface area contributed by atoms with E-state index in [1.165, 1.54) is 0 Å². The lowest BCUT2D eigenvalue weighted by Crippen LogP contribution is -2.13. The first kappa shape index (κ1) is 10.8. The van der Waals surface area contributed by atoms with Gasteiger partial charge in [0.2, 0.25) is 0 Å². The molecule has 1 rings (SSSR count). The van der Waals surface area contributed by atoms with E-state index >= 15 is 0 Å². The maximum atomic E-state index is 11.5. The summed E-state index contributed by atoms with van der Waals surface area (Å²) in [6.07, 6.45) is 1.91. The topological polar surface area (TPSA) is 31.2 Å². The third kappa shape index (κ3) is 2.62. The van der Waals surface area contributed by atoms with Crippen molar-refractivity contribution in [1.82, 2.24) is 4.57 Å². The van der Waals surface area contributed by atoms with Crippen LogP contribution in [-0.2, 0) is 11.3 Å². The van der Waals surface area contributed by atoms with Crippen LogP contribution in [0, 0.1) is 5.92 Å². The Kier molecular flexibility index (Phi) is 3.74. The van der Waals surface area contributed by atoms with E-state index in [0.717, 1.165) is 6.54 Å². The zero-order valence-electron chi connectivity index (χ0n) is 8.99. The van der Waals surface area contributed by atoms with Crippen molar-refractivity contribution in [3.05, 3.63) is 24.0 Å². The smallest absolute Gasteiger partial charge is 0.354 e. The minimum Gasteiger partial charge on any atom is -0.461 e. The summed E-state index contributed by atoms with van der Waals surface area (Å²) < 4.78 is 6.88. The minimum absolute atomic E-state index is 0.238. The molecule has 0 N–H and O–H groups in total. The van der Waals surface area contributed by atoms with Gasteiger partial charge in [0.15, 0.2) is 0 Å². The molecular formula is C11H17NO2. The van der Waals surface area contributed by atoms with E-state index in [4.69, 9.17) is 4.74 Å². The highest BCUT2D eigenvalue weighted by Gasteiger charge is 2.11. The molecule has 0 aliphatic heterocycles. The van der Waals surface area contributed by atoms with Crippen LogP contribution >= 0.6 is 0 Å². The highest BCUT2D eigenvalue weighted by molar-refractivity contribution is 5.87. The van der Waals surface area contributed by atoms with Gasteiger partial charge in [0.25, 0.3) is 0 Å². The Morgan fingerprint density at radius 1 is 1.57 bits per heavy atom. The second-order valence-electron chi connectivity index (χ2n) is 3.66. The van der Waals surface area contributed by atoms with Gasteiger partial charge in [-0.3, -0.25) is 0 Å². The van der Waals surface area contributed by atoms with Crippen LogP contribution in [0.3, 0.4) is 0 Å². The van der Waals surface area contributed by atoms with Crippen LogP contribution in [0.5, 0.6) is 0 Å². The number of hydrogen-bond acceptors (Lipinski definition) is 2. The Morgan fingerprint density at radius 2 is 2.29 bits per heavy atom. The van der Waals surface area contributed by atoms with Crippen molar-refractivity contribution in [2.24, 2.45) is 5.92 Å². The fourth-order valence-electron chi connectivity index (χ4n) is 1.36. The Balaban J connectivity index is 2.76. The lowest BCUT2D eigenvalue weighted by atomic mass is 10.2. The molecule has 1 aromatic heterocycles. The van der Waals surface area contributed by atoms with Crippen LogP contribution in [0.15, 0.2) is 18.3 Å². The fourth-order valence-corrected chi connectivity index (χ4v) is 1.36. The number of nitrogens with zero attached hydrogens (tertiary/aromatic N) is 1. The predicted octanol–water partition coefficient (Wildman–Crippen LogP) is 2.32. The molecule has 0 saturated carbocycles. The molecule has 0 saturated heterocycles. The average Bonchev–Trinajstić information content (AvgIpc) is 2.51. The lowest BCUT2D eigenvalue weighted by molar-refractivity contribution is 0.0513. The van der Waals surface area contributed by atoms with Gasteiger partial charge in [-0.25, -0.2) is 4.79 Å². The number of ether oxygens (including phenoxy) is 1. The molecule has 0 radical (unpaired) electrons. The van der Waals surface area contributed by atoms with Crippen LogP contribution in [-0.4, -0.2) is 17.1 Å². The van der Waals surface area contributed by atoms with Gasteiger partial charge in [-0.2, -0.15) is 0 Å². The molecule has 0 aliphatic carbocycles. The zero-order valence-corrected chi connectivity index (χ0v) is 8.99. The van der Waals surface area contributed by atoms with E-state index in [2.05, 4.69) is 13.8 Å². The molecule has 14 heavy (non-hydrogen) atoms. The molecule has 0 aliphatic rings. The number of rotatable bonds is 4. The first-order chi connectivity index (χ1) is 6.65. The molecule has 0 spiro atoms. The summed E-state index contributed by atoms with van der Waals surface area (Å²) in [6, 6.07) is 3.66. The van der Waals surface area contributed by atoms with Gasteiger partial charge in [0.05, 0.1) is 6.61 Å². The van der Waals surface area contributed by atoms with E-state index in [0.29, 0.717) is 18.2 Å². The maximum Gasteiger partial charge on any atom is 0.354 e. The van der Waals surface area contributed by atoms with Crippen molar-refractivity contribution in [2.75, 3.05) is 6.61 Å². The maximum absolute atomic E-state index is 11.5. The SMILES string of the molecule is CCOC(=O)c1cccn1CC(C)C. The second kappa shape index (κ2) is 4.84. The fraction of sp³-hybridized carbons (Fsp3) is 0.545. The minimum atomic E-state index is -0.238. The summed E-state index contributed by atoms with van der Waals surface area (Å²) in [5.74, 6) is 0.286. The second-order valence-corrected chi connectivity index (χ2v) is 3.66. The van der Waals surface area contributed by atoms with Gasteiger partial charge >= 0.3 is 5.97 Å². The van der Waals surface area contributed by atoms with Gasteiger partial charge in [-0.05, 0) is 25.0 Å². The highest BCUT2D eigenvalue weighted by Crippen LogP contribution is 2.07. The summed E-state index contributed by atoms with van der Waals surface area (Å²) >= 11 is 0. The van der Waals surface area contributed by atoms with E-state index in [-0.39, 0.29) is 5.97 Å². The van der Waals surface area contributed by atoms with Crippen LogP contribution in [0.4, 0.5) is 0 Å². The molecule has 0 unspecified atom stereocenters. The third-order valence-electron chi connectivity index (χ3n) is 1.88. The average molecular weight is 195 g/mol. The summed E-state index contributed by atoms with van der Waals surface area (Å²) in [5, 5.41) is 0. The highest BCUT2D eigenvalue weighted by atomic mass is 16.5. The first-order valence-corrected chi connectivity index (χ1v) is 4.97. The quantitative estimate of drug-likeness (QED) is 0.690. The molecule has 0 atom stereocenters. The van der Waals surface area contributed by atoms with Crippen molar-refractivity contribution >= 4 is 5.97 Å². The van der Waals surface area contributed by atoms with Gasteiger partial charge in [-0.15, -0.1) is 0 Å². The van der Waals surface area contributed by atoms with Crippen molar-refractivity contribution in [3.63, 3.8) is 0 Å². The van der Waals surface area contributed by atoms with E-state index < -0.39 is 0 Å². The molecule has 1 aromatic rings. The lowest BCUT2D eigenvalue weighted by Gasteiger charge is -2.10. The van der Waals surface area contributed by atoms with Crippen molar-refractivity contribution < 1.29 is 9.53 Å². The van der Waals surface area contributed by atoms with Gasteiger partial charge in [0.1, 0.15) is 5.69 Å². The monoisotopic (exact) mass is 195 g/mol. The molecule has 0 bridgehead atoms. The summed E-state index contributed by atoms with van der Waals surface area (Å²) in [4.78, 5) is 11.5. The summed E-state index contributed by atoms with van der Waals surface area (Å²) in [5.41, 5.74) is 0.639. The van der Waals surface area contributed by atoms with Crippen LogP contribution in [0.2, 0.25) is 0 Å². The Labute approximate surface area is 84.7 Å². The number of hydrogen-bond donors (Lipinski definition) is 0. The normalized spacial score (nSPS) is 10.6.